The van der Waals surface area contributed by atoms with Crippen LogP contribution in [0, 0.1) is 5.92 Å². The molecule has 0 radical (unpaired) electrons. The molecule has 6 nitrogen and oxygen atoms in total. The minimum absolute atomic E-state index is 0.00382. The Balaban J connectivity index is 1.58. The minimum atomic E-state index is -0.00382. The third kappa shape index (κ3) is 5.11. The van der Waals surface area contributed by atoms with Gasteiger partial charge >= 0.3 is 6.03 Å². The molecule has 136 valence electrons. The zero-order valence-electron chi connectivity index (χ0n) is 15.2. The molecule has 0 spiro atoms. The zero-order chi connectivity index (χ0) is 17.6. The number of rotatable bonds is 5. The van der Waals surface area contributed by atoms with E-state index in [1.807, 2.05) is 29.2 Å². The normalized spacial score (nSPS) is 22.6. The first-order chi connectivity index (χ1) is 12.2. The highest BCUT2D eigenvalue weighted by Gasteiger charge is 2.33. The summed E-state index contributed by atoms with van der Waals surface area (Å²) in [4.78, 5) is 18.7. The molecule has 3 rings (SSSR count). The number of benzene rings is 1. The van der Waals surface area contributed by atoms with Crippen LogP contribution in [0.4, 0.5) is 10.5 Å². The fourth-order valence-electron chi connectivity index (χ4n) is 3.06. The van der Waals surface area contributed by atoms with Gasteiger partial charge in [0, 0.05) is 31.4 Å². The summed E-state index contributed by atoms with van der Waals surface area (Å²) in [6.45, 7) is 7.46. The molecular weight excluding hydrogens is 314 g/mol. The van der Waals surface area contributed by atoms with Crippen molar-refractivity contribution in [2.75, 3.05) is 25.0 Å². The van der Waals surface area contributed by atoms with Crippen molar-refractivity contribution in [3.63, 3.8) is 0 Å². The fraction of sp³-hybridized carbons (Fsp3) is 0.579. The summed E-state index contributed by atoms with van der Waals surface area (Å²) in [7, 11) is 0. The number of anilines is 1. The highest BCUT2D eigenvalue weighted by atomic mass is 16.2. The number of carbonyl (C=O) groups excluding carboxylic acids is 1. The van der Waals surface area contributed by atoms with E-state index in [0.29, 0.717) is 12.6 Å². The Morgan fingerprint density at radius 2 is 2.08 bits per heavy atom. The third-order valence-corrected chi connectivity index (χ3v) is 4.77. The summed E-state index contributed by atoms with van der Waals surface area (Å²) < 4.78 is 0. The molecule has 1 aromatic carbocycles. The largest absolute Gasteiger partial charge is 0.357 e. The maximum atomic E-state index is 12.2. The second-order valence-electron chi connectivity index (χ2n) is 6.98. The average Bonchev–Trinajstić information content (AvgIpc) is 3.07. The molecule has 2 aliphatic rings. The summed E-state index contributed by atoms with van der Waals surface area (Å²) in [5.41, 5.74) is 1.92. The number of hydrogen-bond donors (Lipinski definition) is 3. The van der Waals surface area contributed by atoms with Crippen LogP contribution in [0.5, 0.6) is 0 Å². The lowest BCUT2D eigenvalue weighted by Crippen LogP contribution is -2.39. The molecule has 1 aliphatic heterocycles. The molecule has 1 aromatic rings. The van der Waals surface area contributed by atoms with Crippen molar-refractivity contribution in [2.45, 2.75) is 45.7 Å². The van der Waals surface area contributed by atoms with Crippen molar-refractivity contribution in [1.82, 2.24) is 15.5 Å². The molecule has 1 saturated carbocycles. The second-order valence-corrected chi connectivity index (χ2v) is 6.98. The first-order valence-electron chi connectivity index (χ1n) is 9.35. The monoisotopic (exact) mass is 343 g/mol. The Hall–Kier alpha value is -2.24. The van der Waals surface area contributed by atoms with Crippen LogP contribution in [0.1, 0.15) is 38.7 Å². The van der Waals surface area contributed by atoms with Crippen molar-refractivity contribution < 1.29 is 4.79 Å². The van der Waals surface area contributed by atoms with Crippen molar-refractivity contribution in [1.29, 1.82) is 0 Å². The predicted octanol–water partition coefficient (Wildman–Crippen LogP) is 2.78. The van der Waals surface area contributed by atoms with Gasteiger partial charge in [-0.1, -0.05) is 19.1 Å². The van der Waals surface area contributed by atoms with E-state index in [9.17, 15) is 4.79 Å². The van der Waals surface area contributed by atoms with Crippen LogP contribution in [0.3, 0.4) is 0 Å². The Bertz CT molecular complexity index is 624. The predicted molar refractivity (Wildman–Crippen MR) is 102 cm³/mol. The van der Waals surface area contributed by atoms with Crippen LogP contribution < -0.4 is 16.0 Å². The summed E-state index contributed by atoms with van der Waals surface area (Å²) in [5.74, 6) is 1.59. The van der Waals surface area contributed by atoms with Gasteiger partial charge in [-0.3, -0.25) is 0 Å². The van der Waals surface area contributed by atoms with E-state index in [1.54, 1.807) is 0 Å². The van der Waals surface area contributed by atoms with E-state index in [2.05, 4.69) is 34.8 Å². The number of urea groups is 1. The van der Waals surface area contributed by atoms with Gasteiger partial charge in [-0.15, -0.1) is 0 Å². The smallest absolute Gasteiger partial charge is 0.321 e. The second kappa shape index (κ2) is 8.23. The first kappa shape index (κ1) is 17.6. The first-order valence-corrected chi connectivity index (χ1v) is 9.35. The number of nitrogens with zero attached hydrogens (tertiary/aromatic N) is 2. The Kier molecular flexibility index (Phi) is 5.79. The van der Waals surface area contributed by atoms with Gasteiger partial charge in [0.25, 0.3) is 0 Å². The maximum absolute atomic E-state index is 12.2. The molecule has 1 heterocycles. The number of hydrogen-bond acceptors (Lipinski definition) is 2. The van der Waals surface area contributed by atoms with Crippen LogP contribution in [-0.4, -0.2) is 42.6 Å². The highest BCUT2D eigenvalue weighted by Crippen LogP contribution is 2.28. The molecular formula is C19H29N5O. The molecule has 2 atom stereocenters. The summed E-state index contributed by atoms with van der Waals surface area (Å²) >= 11 is 0. The molecule has 0 aromatic heterocycles. The summed E-state index contributed by atoms with van der Waals surface area (Å²) in [6.07, 6.45) is 3.41. The molecule has 0 bridgehead atoms. The van der Waals surface area contributed by atoms with Crippen LogP contribution >= 0.6 is 0 Å². The number of likely N-dealkylation sites (tertiary alicyclic amines) is 1. The van der Waals surface area contributed by atoms with Crippen molar-refractivity contribution in [2.24, 2.45) is 10.9 Å². The minimum Gasteiger partial charge on any atom is -0.357 e. The molecule has 2 fully saturated rings. The molecule has 3 N–H and O–H groups in total. The zero-order valence-corrected chi connectivity index (χ0v) is 15.2. The van der Waals surface area contributed by atoms with Crippen LogP contribution in [0.15, 0.2) is 29.3 Å². The lowest BCUT2D eigenvalue weighted by Gasteiger charge is -2.16. The quantitative estimate of drug-likeness (QED) is 0.569. The lowest BCUT2D eigenvalue weighted by atomic mass is 10.2. The van der Waals surface area contributed by atoms with Gasteiger partial charge < -0.3 is 20.9 Å². The van der Waals surface area contributed by atoms with Gasteiger partial charge in [0.1, 0.15) is 0 Å². The Morgan fingerprint density at radius 3 is 2.76 bits per heavy atom. The molecule has 1 aliphatic carbocycles. The number of guanidine groups is 1. The average molecular weight is 343 g/mol. The Labute approximate surface area is 150 Å². The SMILES string of the molecule is CCNC(=NCc1cccc(NC(=O)N2CCCC2)c1)NC1CC1C. The van der Waals surface area contributed by atoms with E-state index in [1.165, 1.54) is 6.42 Å². The van der Waals surface area contributed by atoms with Crippen molar-refractivity contribution >= 4 is 17.7 Å². The number of amides is 2. The van der Waals surface area contributed by atoms with Gasteiger partial charge in [0.15, 0.2) is 5.96 Å². The number of nitrogens with one attached hydrogen (secondary N) is 3. The van der Waals surface area contributed by atoms with E-state index >= 15 is 0 Å². The van der Waals surface area contributed by atoms with Crippen LogP contribution in [-0.2, 0) is 6.54 Å². The van der Waals surface area contributed by atoms with Crippen molar-refractivity contribution in [3.8, 4) is 0 Å². The number of aliphatic imine (C=N–C) groups is 1. The number of carbonyl (C=O) groups is 1. The molecule has 1 saturated heterocycles. The van der Waals surface area contributed by atoms with Gasteiger partial charge in [-0.05, 0) is 49.8 Å². The van der Waals surface area contributed by atoms with Crippen molar-refractivity contribution in [3.05, 3.63) is 29.8 Å². The molecule has 2 amide bonds. The summed E-state index contributed by atoms with van der Waals surface area (Å²) in [6, 6.07) is 8.48. The van der Waals surface area contributed by atoms with Crippen LogP contribution in [0.2, 0.25) is 0 Å². The van der Waals surface area contributed by atoms with E-state index in [4.69, 9.17) is 0 Å². The van der Waals surface area contributed by atoms with E-state index < -0.39 is 0 Å². The summed E-state index contributed by atoms with van der Waals surface area (Å²) in [5, 5.41) is 9.74. The van der Waals surface area contributed by atoms with E-state index in [-0.39, 0.29) is 6.03 Å². The van der Waals surface area contributed by atoms with Crippen LogP contribution in [0.25, 0.3) is 0 Å². The maximum Gasteiger partial charge on any atom is 0.321 e. The standard InChI is InChI=1S/C19H29N5O/c1-3-20-18(23-17-11-14(17)2)21-13-15-7-6-8-16(12-15)22-19(25)24-9-4-5-10-24/h6-8,12,14,17H,3-5,9-11,13H2,1-2H3,(H,22,25)(H2,20,21,23). The fourth-order valence-corrected chi connectivity index (χ4v) is 3.06. The molecule has 6 heteroatoms. The molecule has 2 unspecified atom stereocenters. The van der Waals surface area contributed by atoms with Gasteiger partial charge in [0.05, 0.1) is 6.54 Å². The van der Waals surface area contributed by atoms with Gasteiger partial charge in [-0.25, -0.2) is 9.79 Å². The van der Waals surface area contributed by atoms with E-state index in [0.717, 1.165) is 55.6 Å². The Morgan fingerprint density at radius 1 is 1.32 bits per heavy atom. The third-order valence-electron chi connectivity index (χ3n) is 4.77. The topological polar surface area (TPSA) is 68.8 Å². The molecule has 25 heavy (non-hydrogen) atoms. The lowest BCUT2D eigenvalue weighted by molar-refractivity contribution is 0.222. The van der Waals surface area contributed by atoms with Gasteiger partial charge in [-0.2, -0.15) is 0 Å². The highest BCUT2D eigenvalue weighted by molar-refractivity contribution is 5.89. The van der Waals surface area contributed by atoms with Gasteiger partial charge in [0.2, 0.25) is 0 Å².